The molecule has 10 heteroatoms. The molecule has 0 spiro atoms. The molecule has 5 fully saturated rings. The van der Waals surface area contributed by atoms with Crippen LogP contribution >= 0.6 is 0 Å². The van der Waals surface area contributed by atoms with Gasteiger partial charge in [0.2, 0.25) is 0 Å². The first-order valence-corrected chi connectivity index (χ1v) is 12.4. The van der Waals surface area contributed by atoms with Gasteiger partial charge in [-0.3, -0.25) is 4.68 Å². The smallest absolute Gasteiger partial charge is 0.370 e. The largest absolute Gasteiger partial charge is 0.394 e. The number of hydrogen-bond acceptors (Lipinski definition) is 6. The van der Waals surface area contributed by atoms with Crippen molar-refractivity contribution in [1.82, 2.24) is 29.7 Å². The summed E-state index contributed by atoms with van der Waals surface area (Å²) < 4.78 is 49.0. The summed E-state index contributed by atoms with van der Waals surface area (Å²) in [4.78, 5) is 18.9. The summed E-state index contributed by atoms with van der Waals surface area (Å²) in [5.74, 6) is 0.662. The zero-order chi connectivity index (χ0) is 24.2. The third-order valence-corrected chi connectivity index (χ3v) is 8.47. The van der Waals surface area contributed by atoms with Gasteiger partial charge >= 0.3 is 6.18 Å². The molecule has 3 aromatic rings. The molecule has 7 nitrogen and oxygen atoms in total. The molecule has 5 aliphatic rings. The summed E-state index contributed by atoms with van der Waals surface area (Å²) in [6.07, 6.45) is 5.34. The molecular weight excluding hydrogens is 457 g/mol. The molecule has 3 aromatic heterocycles. The summed E-state index contributed by atoms with van der Waals surface area (Å²) in [5, 5.41) is 4.52. The molecule has 4 saturated carbocycles. The van der Waals surface area contributed by atoms with E-state index in [1.807, 2.05) is 24.7 Å². The van der Waals surface area contributed by atoms with Crippen molar-refractivity contribution in [2.45, 2.75) is 94.6 Å². The highest BCUT2D eigenvalue weighted by Crippen LogP contribution is 2.78. The fraction of sp³-hybridized carbons (Fsp3) is 0.640. The number of nitrogens with zero attached hydrogens (tertiary/aromatic N) is 6. The van der Waals surface area contributed by atoms with Gasteiger partial charge in [0.1, 0.15) is 11.3 Å². The minimum absolute atomic E-state index is 0.00202. The van der Waals surface area contributed by atoms with Gasteiger partial charge in [0.05, 0.1) is 41.2 Å². The Hall–Kier alpha value is -2.62. The summed E-state index contributed by atoms with van der Waals surface area (Å²) in [5.41, 5.74) is 1.32. The molecule has 0 radical (unpaired) electrons. The molecular formula is C25H27F3N6O. The third kappa shape index (κ3) is 3.24. The van der Waals surface area contributed by atoms with Crippen LogP contribution in [0, 0.1) is 12.3 Å². The van der Waals surface area contributed by atoms with E-state index < -0.39 is 17.0 Å². The zero-order valence-corrected chi connectivity index (χ0v) is 19.7. The molecule has 4 heterocycles. The Morgan fingerprint density at radius 1 is 1.06 bits per heavy atom. The molecule has 4 aliphatic carbocycles. The first-order valence-electron chi connectivity index (χ1n) is 12.4. The van der Waals surface area contributed by atoms with Crippen LogP contribution in [0.4, 0.5) is 13.2 Å². The maximum atomic E-state index is 13.6. The number of hydrogen-bond donors (Lipinski definition) is 0. The van der Waals surface area contributed by atoms with E-state index in [2.05, 4.69) is 21.3 Å². The standard InChI is InChI=1S/C25H27F3N6O/c1-13-7-29-19-20(23-10-24(11-23,12-23)25(26,27)28)32-21(33-22(19)31-13)15-5-14(2)35-18(6-15)16-8-30-34(9-16)17-3-4-17/h7-9,14-15,17-18H,3-6,10-12H2,1-2H3/t14-,15-,18+,23?,24?/m0/s1. The van der Waals surface area contributed by atoms with Crippen LogP contribution in [0.25, 0.3) is 11.2 Å². The van der Waals surface area contributed by atoms with Gasteiger partial charge in [0, 0.05) is 29.3 Å². The van der Waals surface area contributed by atoms with Gasteiger partial charge in [0.15, 0.2) is 5.65 Å². The van der Waals surface area contributed by atoms with E-state index in [-0.39, 0.29) is 37.4 Å². The number of ether oxygens (including phenoxy) is 1. The minimum atomic E-state index is -4.17. The van der Waals surface area contributed by atoms with Crippen LogP contribution in [0.15, 0.2) is 18.6 Å². The Balaban J connectivity index is 1.24. The predicted molar refractivity (Wildman–Crippen MR) is 120 cm³/mol. The van der Waals surface area contributed by atoms with Crippen LogP contribution in [0.1, 0.15) is 92.7 Å². The Morgan fingerprint density at radius 2 is 1.83 bits per heavy atom. The van der Waals surface area contributed by atoms with Crippen LogP contribution in [0.2, 0.25) is 0 Å². The van der Waals surface area contributed by atoms with Crippen molar-refractivity contribution in [2.75, 3.05) is 0 Å². The lowest BCUT2D eigenvalue weighted by atomic mass is 9.34. The quantitative estimate of drug-likeness (QED) is 0.502. The maximum Gasteiger partial charge on any atom is 0.394 e. The number of aryl methyl sites for hydroxylation is 1. The van der Waals surface area contributed by atoms with Crippen molar-refractivity contribution < 1.29 is 17.9 Å². The highest BCUT2D eigenvalue weighted by Gasteiger charge is 2.79. The van der Waals surface area contributed by atoms with E-state index in [4.69, 9.17) is 14.7 Å². The number of rotatable bonds is 4. The summed E-state index contributed by atoms with van der Waals surface area (Å²) in [6, 6.07) is 0.502. The fourth-order valence-electron chi connectivity index (χ4n) is 6.53. The second-order valence-electron chi connectivity index (χ2n) is 11.3. The van der Waals surface area contributed by atoms with Crippen molar-refractivity contribution in [3.05, 3.63) is 41.4 Å². The van der Waals surface area contributed by atoms with E-state index in [0.29, 0.717) is 35.1 Å². The van der Waals surface area contributed by atoms with Gasteiger partial charge in [-0.05, 0) is 58.8 Å². The highest BCUT2D eigenvalue weighted by atomic mass is 19.4. The van der Waals surface area contributed by atoms with Gasteiger partial charge in [-0.15, -0.1) is 0 Å². The lowest BCUT2D eigenvalue weighted by Crippen LogP contribution is -2.70. The first-order chi connectivity index (χ1) is 16.6. The van der Waals surface area contributed by atoms with Crippen molar-refractivity contribution >= 4 is 11.2 Å². The average Bonchev–Trinajstić information content (AvgIpc) is 3.46. The second-order valence-corrected chi connectivity index (χ2v) is 11.3. The molecule has 0 aromatic carbocycles. The van der Waals surface area contributed by atoms with Crippen molar-refractivity contribution in [3.63, 3.8) is 0 Å². The molecule has 2 bridgehead atoms. The Labute approximate surface area is 200 Å². The lowest BCUT2D eigenvalue weighted by Gasteiger charge is -2.70. The second kappa shape index (κ2) is 6.99. The molecule has 0 unspecified atom stereocenters. The van der Waals surface area contributed by atoms with Crippen LogP contribution in [0.5, 0.6) is 0 Å². The fourth-order valence-corrected chi connectivity index (χ4v) is 6.53. The Kier molecular flexibility index (Phi) is 4.32. The lowest BCUT2D eigenvalue weighted by molar-refractivity contribution is -0.337. The summed E-state index contributed by atoms with van der Waals surface area (Å²) >= 11 is 0. The van der Waals surface area contributed by atoms with Crippen molar-refractivity contribution in [2.24, 2.45) is 5.41 Å². The van der Waals surface area contributed by atoms with Crippen molar-refractivity contribution in [1.29, 1.82) is 0 Å². The normalized spacial score (nSPS) is 34.5. The maximum absolute atomic E-state index is 13.6. The number of alkyl halides is 3. The zero-order valence-electron chi connectivity index (χ0n) is 19.7. The van der Waals surface area contributed by atoms with E-state index in [1.54, 1.807) is 6.20 Å². The molecule has 3 atom stereocenters. The molecule has 0 N–H and O–H groups in total. The summed E-state index contributed by atoms with van der Waals surface area (Å²) in [6.45, 7) is 3.89. The average molecular weight is 485 g/mol. The monoisotopic (exact) mass is 484 g/mol. The molecule has 1 saturated heterocycles. The molecule has 8 rings (SSSR count). The van der Waals surface area contributed by atoms with Crippen LogP contribution in [-0.4, -0.2) is 42.0 Å². The van der Waals surface area contributed by atoms with E-state index in [9.17, 15) is 13.2 Å². The van der Waals surface area contributed by atoms with Gasteiger partial charge in [0.25, 0.3) is 0 Å². The van der Waals surface area contributed by atoms with Gasteiger partial charge < -0.3 is 4.74 Å². The highest BCUT2D eigenvalue weighted by molar-refractivity contribution is 5.75. The molecule has 0 amide bonds. The van der Waals surface area contributed by atoms with E-state index in [1.165, 1.54) is 0 Å². The molecule has 1 aliphatic heterocycles. The van der Waals surface area contributed by atoms with Gasteiger partial charge in [-0.25, -0.2) is 19.9 Å². The minimum Gasteiger partial charge on any atom is -0.370 e. The SMILES string of the molecule is Cc1cnc2c(C34CC(C(F)(F)F)(C3)C4)nc([C@H]3C[C@H](C)O[C@@H](c4cnn(C5CC5)c4)C3)nc2n1. The van der Waals surface area contributed by atoms with Crippen molar-refractivity contribution in [3.8, 4) is 0 Å². The third-order valence-electron chi connectivity index (χ3n) is 8.47. The predicted octanol–water partition coefficient (Wildman–Crippen LogP) is 5.27. The number of fused-ring (bicyclic) bond motifs is 1. The van der Waals surface area contributed by atoms with Crippen LogP contribution in [0.3, 0.4) is 0 Å². The first kappa shape index (κ1) is 21.6. The number of halogens is 3. The Bertz CT molecular complexity index is 1310. The molecule has 184 valence electrons. The van der Waals surface area contributed by atoms with E-state index in [0.717, 1.165) is 30.5 Å². The van der Waals surface area contributed by atoms with Gasteiger partial charge in [-0.2, -0.15) is 18.3 Å². The Morgan fingerprint density at radius 3 is 2.54 bits per heavy atom. The number of aromatic nitrogens is 6. The van der Waals surface area contributed by atoms with Gasteiger partial charge in [-0.1, -0.05) is 0 Å². The summed E-state index contributed by atoms with van der Waals surface area (Å²) in [7, 11) is 0. The van der Waals surface area contributed by atoms with Crippen LogP contribution in [-0.2, 0) is 10.2 Å². The topological polar surface area (TPSA) is 78.6 Å². The molecule has 35 heavy (non-hydrogen) atoms. The van der Waals surface area contributed by atoms with E-state index >= 15 is 0 Å². The van der Waals surface area contributed by atoms with Crippen LogP contribution < -0.4 is 0 Å².